The number of nitrogens with one attached hydrogen (secondary N) is 2. The number of alkyl halides is 3. The Bertz CT molecular complexity index is 820. The van der Waals surface area contributed by atoms with Gasteiger partial charge in [-0.05, 0) is 45.0 Å². The Balaban J connectivity index is 2.00. The highest BCUT2D eigenvalue weighted by Crippen LogP contribution is 2.28. The Labute approximate surface area is 176 Å². The van der Waals surface area contributed by atoms with Crippen LogP contribution in [0.15, 0.2) is 29.3 Å². The number of piperidine rings is 1. The van der Waals surface area contributed by atoms with Crippen LogP contribution in [0.4, 0.5) is 13.2 Å². The minimum absolute atomic E-state index is 0.153. The summed E-state index contributed by atoms with van der Waals surface area (Å²) in [5.41, 5.74) is -2.99. The molecule has 1 aromatic carbocycles. The normalized spacial score (nSPS) is 17.4. The van der Waals surface area contributed by atoms with Crippen LogP contribution in [-0.2, 0) is 23.1 Å². The van der Waals surface area contributed by atoms with Gasteiger partial charge in [-0.15, -0.1) is 0 Å². The molecule has 0 bridgehead atoms. The zero-order valence-electron chi connectivity index (χ0n) is 17.5. The molecule has 2 rings (SSSR count). The van der Waals surface area contributed by atoms with Gasteiger partial charge in [-0.25, -0.2) is 13.4 Å². The van der Waals surface area contributed by atoms with Crippen molar-refractivity contribution >= 4 is 16.0 Å². The van der Waals surface area contributed by atoms with Crippen LogP contribution < -0.4 is 10.6 Å². The summed E-state index contributed by atoms with van der Waals surface area (Å²) in [7, 11) is -1.27. The van der Waals surface area contributed by atoms with E-state index in [1.165, 1.54) is 5.56 Å². The maximum Gasteiger partial charge on any atom is 0.511 e. The summed E-state index contributed by atoms with van der Waals surface area (Å²) in [6.45, 7) is 3.46. The van der Waals surface area contributed by atoms with Crippen LogP contribution in [-0.4, -0.2) is 68.9 Å². The van der Waals surface area contributed by atoms with Crippen molar-refractivity contribution in [1.82, 2.24) is 19.8 Å². The fraction of sp³-hybridized carbons (Fsp3) is 0.632. The second-order valence-corrected chi connectivity index (χ2v) is 9.40. The van der Waals surface area contributed by atoms with E-state index in [4.69, 9.17) is 0 Å². The smallest absolute Gasteiger partial charge is 0.357 e. The van der Waals surface area contributed by atoms with Crippen molar-refractivity contribution < 1.29 is 21.6 Å². The quantitative estimate of drug-likeness (QED) is 0.493. The molecule has 1 aliphatic heterocycles. The van der Waals surface area contributed by atoms with Gasteiger partial charge in [0, 0.05) is 32.2 Å². The predicted molar refractivity (Wildman–Crippen MR) is 111 cm³/mol. The Kier molecular flexibility index (Phi) is 8.51. The van der Waals surface area contributed by atoms with Crippen LogP contribution in [0.25, 0.3) is 0 Å². The number of halogens is 3. The second kappa shape index (κ2) is 10.5. The van der Waals surface area contributed by atoms with Crippen LogP contribution in [0.3, 0.4) is 0 Å². The first-order chi connectivity index (χ1) is 14.0. The third-order valence-electron chi connectivity index (χ3n) is 4.78. The summed E-state index contributed by atoms with van der Waals surface area (Å²) in [6.07, 6.45) is 0.549. The van der Waals surface area contributed by atoms with Crippen molar-refractivity contribution in [2.75, 3.05) is 33.7 Å². The van der Waals surface area contributed by atoms with E-state index in [-0.39, 0.29) is 32.0 Å². The van der Waals surface area contributed by atoms with Gasteiger partial charge in [-0.1, -0.05) is 24.3 Å². The first-order valence-corrected chi connectivity index (χ1v) is 11.3. The van der Waals surface area contributed by atoms with E-state index < -0.39 is 15.5 Å². The van der Waals surface area contributed by atoms with Crippen LogP contribution >= 0.6 is 0 Å². The number of aliphatic imine (C=N–C) groups is 1. The number of hydrogen-bond acceptors (Lipinski definition) is 4. The van der Waals surface area contributed by atoms with E-state index in [9.17, 15) is 21.6 Å². The molecular weight excluding hydrogens is 419 g/mol. The molecule has 1 saturated heterocycles. The summed E-state index contributed by atoms with van der Waals surface area (Å²) in [4.78, 5) is 6.70. The molecule has 1 aliphatic rings. The monoisotopic (exact) mass is 449 g/mol. The van der Waals surface area contributed by atoms with Gasteiger partial charge in [0.25, 0.3) is 0 Å². The lowest BCUT2D eigenvalue weighted by molar-refractivity contribution is -0.0494. The highest BCUT2D eigenvalue weighted by Gasteiger charge is 2.50. The average Bonchev–Trinajstić information content (AvgIpc) is 2.66. The van der Waals surface area contributed by atoms with Crippen molar-refractivity contribution in [1.29, 1.82) is 0 Å². The van der Waals surface area contributed by atoms with Crippen molar-refractivity contribution in [2.24, 2.45) is 4.99 Å². The second-order valence-electron chi connectivity index (χ2n) is 7.47. The largest absolute Gasteiger partial charge is 0.511 e. The molecule has 170 valence electrons. The number of guanidine groups is 1. The molecule has 0 amide bonds. The van der Waals surface area contributed by atoms with Crippen molar-refractivity contribution in [2.45, 2.75) is 44.4 Å². The third kappa shape index (κ3) is 6.58. The molecule has 30 heavy (non-hydrogen) atoms. The Morgan fingerprint density at radius 2 is 1.80 bits per heavy atom. The van der Waals surface area contributed by atoms with E-state index >= 15 is 0 Å². The zero-order chi connectivity index (χ0) is 22.4. The van der Waals surface area contributed by atoms with Gasteiger partial charge >= 0.3 is 15.5 Å². The summed E-state index contributed by atoms with van der Waals surface area (Å²) in [6, 6.07) is 7.87. The van der Waals surface area contributed by atoms with E-state index in [2.05, 4.69) is 26.6 Å². The third-order valence-corrected chi connectivity index (χ3v) is 6.41. The molecule has 1 aromatic rings. The molecule has 0 spiro atoms. The van der Waals surface area contributed by atoms with Gasteiger partial charge in [0.15, 0.2) is 5.96 Å². The molecule has 7 nitrogen and oxygen atoms in total. The number of hydrogen-bond donors (Lipinski definition) is 2. The fourth-order valence-corrected chi connectivity index (χ4v) is 4.26. The predicted octanol–water partition coefficient (Wildman–Crippen LogP) is 2.12. The highest BCUT2D eigenvalue weighted by molar-refractivity contribution is 7.90. The maximum atomic E-state index is 12.7. The zero-order valence-corrected chi connectivity index (χ0v) is 18.4. The first kappa shape index (κ1) is 24.4. The lowest BCUT2D eigenvalue weighted by atomic mass is 10.1. The van der Waals surface area contributed by atoms with Crippen LogP contribution in [0, 0.1) is 0 Å². The average molecular weight is 450 g/mol. The maximum absolute atomic E-state index is 12.7. The van der Waals surface area contributed by atoms with E-state index in [0.29, 0.717) is 23.4 Å². The number of rotatable bonds is 7. The van der Waals surface area contributed by atoms with Gasteiger partial charge < -0.3 is 15.5 Å². The Morgan fingerprint density at radius 3 is 2.33 bits per heavy atom. The molecule has 11 heteroatoms. The topological polar surface area (TPSA) is 77.0 Å². The molecule has 0 aromatic heterocycles. The molecule has 2 N–H and O–H groups in total. The minimum Gasteiger partial charge on any atom is -0.357 e. The molecule has 0 aliphatic carbocycles. The molecule has 1 fully saturated rings. The van der Waals surface area contributed by atoms with Crippen molar-refractivity contribution in [3.63, 3.8) is 0 Å². The van der Waals surface area contributed by atoms with Crippen molar-refractivity contribution in [3.05, 3.63) is 35.4 Å². The summed E-state index contributed by atoms with van der Waals surface area (Å²) in [5, 5.41) is 6.37. The lowest BCUT2D eigenvalue weighted by Crippen LogP contribution is -2.51. The van der Waals surface area contributed by atoms with Gasteiger partial charge in [0.1, 0.15) is 0 Å². The highest BCUT2D eigenvalue weighted by atomic mass is 32.2. The molecule has 1 heterocycles. The standard InChI is InChI=1S/C19H30F3N5O2S/c1-4-23-18(24-13-15-7-5-6-8-16(15)14-26(2)3)25-17-9-11-27(12-10-17)30(28,29)19(20,21)22/h5-8,17H,4,9-14H2,1-3H3,(H2,23,24,25). The molecule has 0 atom stereocenters. The summed E-state index contributed by atoms with van der Waals surface area (Å²) in [5.74, 6) is 0.564. The molecule has 0 unspecified atom stereocenters. The summed E-state index contributed by atoms with van der Waals surface area (Å²) < 4.78 is 61.8. The van der Waals surface area contributed by atoms with Gasteiger partial charge in [-0.3, -0.25) is 0 Å². The first-order valence-electron chi connectivity index (χ1n) is 9.87. The van der Waals surface area contributed by atoms with Crippen LogP contribution in [0.2, 0.25) is 0 Å². The van der Waals surface area contributed by atoms with Gasteiger partial charge in [0.2, 0.25) is 0 Å². The number of nitrogens with zero attached hydrogens (tertiary/aromatic N) is 3. The number of sulfonamides is 1. The Hall–Kier alpha value is -1.85. The van der Waals surface area contributed by atoms with Gasteiger partial charge in [-0.2, -0.15) is 17.5 Å². The fourth-order valence-electron chi connectivity index (χ4n) is 3.27. The molecule has 0 saturated carbocycles. The van der Waals surface area contributed by atoms with E-state index in [0.717, 1.165) is 12.1 Å². The van der Waals surface area contributed by atoms with Crippen LogP contribution in [0.1, 0.15) is 30.9 Å². The van der Waals surface area contributed by atoms with Gasteiger partial charge in [0.05, 0.1) is 6.54 Å². The number of benzene rings is 1. The SMILES string of the molecule is CCNC(=NCc1ccccc1CN(C)C)NC1CCN(S(=O)(=O)C(F)(F)F)CC1. The Morgan fingerprint density at radius 1 is 1.20 bits per heavy atom. The molecular formula is C19H30F3N5O2S. The minimum atomic E-state index is -5.27. The van der Waals surface area contributed by atoms with E-state index in [1.54, 1.807) is 0 Å². The van der Waals surface area contributed by atoms with Crippen molar-refractivity contribution in [3.8, 4) is 0 Å². The van der Waals surface area contributed by atoms with E-state index in [1.807, 2.05) is 39.2 Å². The lowest BCUT2D eigenvalue weighted by Gasteiger charge is -2.32. The van der Waals surface area contributed by atoms with Crippen LogP contribution in [0.5, 0.6) is 0 Å². The molecule has 0 radical (unpaired) electrons. The summed E-state index contributed by atoms with van der Waals surface area (Å²) >= 11 is 0.